The number of rotatable bonds is 9. The number of aliphatic hydroxyl groups is 1. The molecule has 1 unspecified atom stereocenters. The number of ether oxygens (including phenoxy) is 2. The number of methoxy groups -OCH3 is 2. The van der Waals surface area contributed by atoms with E-state index in [0.29, 0.717) is 28.5 Å². The normalized spacial score (nSPS) is 11.5. The second-order valence-electron chi connectivity index (χ2n) is 6.95. The number of fused-ring (bicyclic) bond motifs is 1. The molecule has 0 saturated carbocycles. The average molecular weight is 465 g/mol. The van der Waals surface area contributed by atoms with E-state index in [4.69, 9.17) is 9.47 Å². The van der Waals surface area contributed by atoms with Gasteiger partial charge in [0.15, 0.2) is 11.5 Å². The SMILES string of the molecule is CCN(CC)c1nc(NCC(O)c2cc(O)cc(O)c2)nc2cc(OC)c(OC)cc12.Cl. The number of hydrogen-bond acceptors (Lipinski definition) is 9. The Hall–Kier alpha value is -3.17. The van der Waals surface area contributed by atoms with Crippen LogP contribution in [0.15, 0.2) is 30.3 Å². The van der Waals surface area contributed by atoms with Gasteiger partial charge in [0.05, 0.1) is 25.8 Å². The van der Waals surface area contributed by atoms with Gasteiger partial charge < -0.3 is 35.0 Å². The van der Waals surface area contributed by atoms with E-state index < -0.39 is 6.10 Å². The fourth-order valence-electron chi connectivity index (χ4n) is 3.40. The average Bonchev–Trinajstić information content (AvgIpc) is 2.76. The van der Waals surface area contributed by atoms with Crippen molar-refractivity contribution in [3.05, 3.63) is 35.9 Å². The van der Waals surface area contributed by atoms with Crippen LogP contribution in [0.25, 0.3) is 10.9 Å². The van der Waals surface area contributed by atoms with Crippen molar-refractivity contribution in [1.82, 2.24) is 9.97 Å². The van der Waals surface area contributed by atoms with Crippen molar-refractivity contribution >= 4 is 35.1 Å². The van der Waals surface area contributed by atoms with Crippen LogP contribution in [-0.4, -0.2) is 59.1 Å². The summed E-state index contributed by atoms with van der Waals surface area (Å²) in [5, 5.41) is 33.6. The molecule has 0 amide bonds. The van der Waals surface area contributed by atoms with Gasteiger partial charge in [-0.05, 0) is 37.6 Å². The van der Waals surface area contributed by atoms with Gasteiger partial charge >= 0.3 is 0 Å². The molecule has 3 aromatic rings. The number of anilines is 2. The van der Waals surface area contributed by atoms with Crippen molar-refractivity contribution < 1.29 is 24.8 Å². The molecule has 0 aliphatic carbocycles. The molecule has 0 spiro atoms. The minimum absolute atomic E-state index is 0. The standard InChI is InChI=1S/C22H28N4O5.ClH/c1-5-26(6-2)21-16-10-19(30-3)20(31-4)11-17(16)24-22(25-21)23-12-18(29)13-7-14(27)9-15(28)8-13;/h7-11,18,27-29H,5-6,12H2,1-4H3,(H,23,24,25);1H. The molecule has 3 rings (SSSR count). The molecule has 0 fully saturated rings. The monoisotopic (exact) mass is 464 g/mol. The quantitative estimate of drug-likeness (QED) is 0.377. The Kier molecular flexibility index (Phi) is 8.56. The Labute approximate surface area is 193 Å². The summed E-state index contributed by atoms with van der Waals surface area (Å²) in [4.78, 5) is 11.4. The molecule has 1 atom stereocenters. The van der Waals surface area contributed by atoms with E-state index in [-0.39, 0.29) is 30.5 Å². The van der Waals surface area contributed by atoms with Gasteiger partial charge in [-0.1, -0.05) is 0 Å². The maximum atomic E-state index is 10.5. The maximum absolute atomic E-state index is 10.5. The van der Waals surface area contributed by atoms with Gasteiger partial charge in [0, 0.05) is 37.2 Å². The number of aromatic nitrogens is 2. The third kappa shape index (κ3) is 5.35. The highest BCUT2D eigenvalue weighted by molar-refractivity contribution is 5.93. The summed E-state index contributed by atoms with van der Waals surface area (Å²) in [5.74, 6) is 1.97. The lowest BCUT2D eigenvalue weighted by molar-refractivity contribution is 0.190. The Balaban J connectivity index is 0.00000363. The first kappa shape index (κ1) is 25.1. The van der Waals surface area contributed by atoms with Crippen LogP contribution in [0.5, 0.6) is 23.0 Å². The Morgan fingerprint density at radius 3 is 2.09 bits per heavy atom. The molecule has 1 heterocycles. The number of benzene rings is 2. The fourth-order valence-corrected chi connectivity index (χ4v) is 3.40. The van der Waals surface area contributed by atoms with Crippen molar-refractivity contribution in [2.75, 3.05) is 44.1 Å². The molecule has 9 nitrogen and oxygen atoms in total. The molecule has 0 radical (unpaired) electrons. The first-order chi connectivity index (χ1) is 14.9. The summed E-state index contributed by atoms with van der Waals surface area (Å²) in [6, 6.07) is 7.64. The van der Waals surface area contributed by atoms with Gasteiger partial charge in [0.2, 0.25) is 5.95 Å². The van der Waals surface area contributed by atoms with Crippen molar-refractivity contribution in [1.29, 1.82) is 0 Å². The molecule has 0 bridgehead atoms. The Morgan fingerprint density at radius 2 is 1.53 bits per heavy atom. The molecule has 4 N–H and O–H groups in total. The Bertz CT molecular complexity index is 1040. The van der Waals surface area contributed by atoms with E-state index in [1.54, 1.807) is 20.3 Å². The zero-order valence-corrected chi connectivity index (χ0v) is 19.3. The topological polar surface area (TPSA) is 120 Å². The third-order valence-corrected chi connectivity index (χ3v) is 5.01. The summed E-state index contributed by atoms with van der Waals surface area (Å²) in [7, 11) is 3.15. The number of nitrogens with one attached hydrogen (secondary N) is 1. The number of nitrogens with zero attached hydrogens (tertiary/aromatic N) is 3. The number of aromatic hydroxyl groups is 2. The molecule has 0 saturated heterocycles. The minimum Gasteiger partial charge on any atom is -0.508 e. The first-order valence-corrected chi connectivity index (χ1v) is 10.0. The smallest absolute Gasteiger partial charge is 0.225 e. The van der Waals surface area contributed by atoms with E-state index in [2.05, 4.69) is 20.2 Å². The molecule has 174 valence electrons. The van der Waals surface area contributed by atoms with E-state index in [1.165, 1.54) is 18.2 Å². The lowest BCUT2D eigenvalue weighted by Crippen LogP contribution is -2.24. The van der Waals surface area contributed by atoms with Gasteiger partial charge in [-0.2, -0.15) is 4.98 Å². The fraction of sp³-hybridized carbons (Fsp3) is 0.364. The van der Waals surface area contributed by atoms with Crippen LogP contribution in [0.1, 0.15) is 25.5 Å². The van der Waals surface area contributed by atoms with Gasteiger partial charge in [0.1, 0.15) is 17.3 Å². The van der Waals surface area contributed by atoms with Gasteiger partial charge in [-0.3, -0.25) is 0 Å². The van der Waals surface area contributed by atoms with Crippen LogP contribution in [0.2, 0.25) is 0 Å². The highest BCUT2D eigenvalue weighted by Crippen LogP contribution is 2.36. The summed E-state index contributed by atoms with van der Waals surface area (Å²) >= 11 is 0. The molecular weight excluding hydrogens is 436 g/mol. The summed E-state index contributed by atoms with van der Waals surface area (Å²) < 4.78 is 10.8. The lowest BCUT2D eigenvalue weighted by atomic mass is 10.1. The van der Waals surface area contributed by atoms with E-state index >= 15 is 0 Å². The third-order valence-electron chi connectivity index (χ3n) is 5.01. The van der Waals surface area contributed by atoms with Gasteiger partial charge in [-0.15, -0.1) is 12.4 Å². The molecule has 1 aromatic heterocycles. The molecule has 0 aliphatic rings. The van der Waals surface area contributed by atoms with Crippen LogP contribution in [0.3, 0.4) is 0 Å². The van der Waals surface area contributed by atoms with Crippen LogP contribution in [0.4, 0.5) is 11.8 Å². The predicted octanol–water partition coefficient (Wildman–Crippen LogP) is 3.47. The van der Waals surface area contributed by atoms with Crippen molar-refractivity contribution in [2.45, 2.75) is 20.0 Å². The van der Waals surface area contributed by atoms with Gasteiger partial charge in [-0.25, -0.2) is 4.98 Å². The number of phenolic OH excluding ortho intramolecular Hbond substituents is 2. The van der Waals surface area contributed by atoms with E-state index in [9.17, 15) is 15.3 Å². The highest BCUT2D eigenvalue weighted by Gasteiger charge is 2.17. The van der Waals surface area contributed by atoms with Crippen LogP contribution < -0.4 is 19.7 Å². The van der Waals surface area contributed by atoms with Crippen molar-refractivity contribution in [2.24, 2.45) is 0 Å². The maximum Gasteiger partial charge on any atom is 0.225 e. The summed E-state index contributed by atoms with van der Waals surface area (Å²) in [6.07, 6.45) is -0.986. The number of halogens is 1. The van der Waals surface area contributed by atoms with E-state index in [1.807, 2.05) is 19.9 Å². The highest BCUT2D eigenvalue weighted by atomic mass is 35.5. The number of hydrogen-bond donors (Lipinski definition) is 4. The largest absolute Gasteiger partial charge is 0.508 e. The van der Waals surface area contributed by atoms with Crippen molar-refractivity contribution in [3.8, 4) is 23.0 Å². The second-order valence-corrected chi connectivity index (χ2v) is 6.95. The van der Waals surface area contributed by atoms with Crippen LogP contribution >= 0.6 is 12.4 Å². The zero-order valence-electron chi connectivity index (χ0n) is 18.5. The number of aliphatic hydroxyl groups excluding tert-OH is 1. The molecule has 2 aromatic carbocycles. The van der Waals surface area contributed by atoms with Crippen LogP contribution in [-0.2, 0) is 0 Å². The minimum atomic E-state index is -0.986. The summed E-state index contributed by atoms with van der Waals surface area (Å²) in [5.41, 5.74) is 1.04. The summed E-state index contributed by atoms with van der Waals surface area (Å²) in [6.45, 7) is 5.68. The Morgan fingerprint density at radius 1 is 0.938 bits per heavy atom. The first-order valence-electron chi connectivity index (χ1n) is 10.0. The van der Waals surface area contributed by atoms with Gasteiger partial charge in [0.25, 0.3) is 0 Å². The van der Waals surface area contributed by atoms with Crippen LogP contribution in [0, 0.1) is 0 Å². The van der Waals surface area contributed by atoms with Crippen molar-refractivity contribution in [3.63, 3.8) is 0 Å². The molecule has 0 aliphatic heterocycles. The van der Waals surface area contributed by atoms with E-state index in [0.717, 1.165) is 24.3 Å². The second kappa shape index (κ2) is 10.9. The lowest BCUT2D eigenvalue weighted by Gasteiger charge is -2.23. The molecule has 32 heavy (non-hydrogen) atoms. The molecular formula is C22H29ClN4O5. The predicted molar refractivity (Wildman–Crippen MR) is 127 cm³/mol. The number of phenols is 2. The molecule has 10 heteroatoms. The zero-order chi connectivity index (χ0) is 22.5.